The molecule has 1 unspecified atom stereocenters. The minimum absolute atomic E-state index is 0. The molecule has 0 spiro atoms. The van der Waals surface area contributed by atoms with Gasteiger partial charge in [-0.1, -0.05) is 0 Å². The van der Waals surface area contributed by atoms with Crippen molar-refractivity contribution in [3.63, 3.8) is 0 Å². The summed E-state index contributed by atoms with van der Waals surface area (Å²) in [5, 5.41) is 0. The number of ketones is 1. The van der Waals surface area contributed by atoms with Crippen molar-refractivity contribution in [3.8, 4) is 0 Å². The van der Waals surface area contributed by atoms with Crippen molar-refractivity contribution in [3.05, 3.63) is 30.1 Å². The SMILES string of the molecule is Cl.O=C(c1ccncc1)C1CC2CCN1CC2. The van der Waals surface area contributed by atoms with Gasteiger partial charge in [-0.25, -0.2) is 0 Å². The van der Waals surface area contributed by atoms with Crippen LogP contribution in [0.2, 0.25) is 0 Å². The van der Waals surface area contributed by atoms with Crippen LogP contribution in [0.3, 0.4) is 0 Å². The number of fused-ring (bicyclic) bond motifs is 3. The van der Waals surface area contributed by atoms with Gasteiger partial charge in [0.1, 0.15) is 0 Å². The topological polar surface area (TPSA) is 33.2 Å². The maximum Gasteiger partial charge on any atom is 0.180 e. The Hall–Kier alpha value is -0.930. The fourth-order valence-corrected chi connectivity index (χ4v) is 2.95. The van der Waals surface area contributed by atoms with E-state index in [1.807, 2.05) is 12.1 Å². The monoisotopic (exact) mass is 252 g/mol. The second kappa shape index (κ2) is 5.15. The number of pyridine rings is 1. The van der Waals surface area contributed by atoms with Crippen LogP contribution >= 0.6 is 12.4 Å². The molecule has 3 aliphatic rings. The number of Topliss-reactive ketones (excluding diaryl/α,β-unsaturated/α-hetero) is 1. The largest absolute Gasteiger partial charge is 0.293 e. The lowest BCUT2D eigenvalue weighted by molar-refractivity contribution is 0.0406. The van der Waals surface area contributed by atoms with Crippen LogP contribution in [0.25, 0.3) is 0 Å². The Balaban J connectivity index is 0.00000108. The lowest BCUT2D eigenvalue weighted by Crippen LogP contribution is -2.52. The molecule has 1 aromatic rings. The fraction of sp³-hybridized carbons (Fsp3) is 0.538. The Bertz CT molecular complexity index is 388. The highest BCUT2D eigenvalue weighted by atomic mass is 35.5. The molecule has 0 N–H and O–H groups in total. The first-order valence-electron chi connectivity index (χ1n) is 6.03. The fourth-order valence-electron chi connectivity index (χ4n) is 2.95. The molecule has 17 heavy (non-hydrogen) atoms. The van der Waals surface area contributed by atoms with Gasteiger partial charge in [-0.2, -0.15) is 0 Å². The van der Waals surface area contributed by atoms with E-state index in [-0.39, 0.29) is 24.2 Å². The summed E-state index contributed by atoms with van der Waals surface area (Å²) in [5.74, 6) is 1.06. The van der Waals surface area contributed by atoms with E-state index < -0.39 is 0 Å². The number of carbonyl (C=O) groups excluding carboxylic acids is 1. The maximum absolute atomic E-state index is 12.3. The van der Waals surface area contributed by atoms with Gasteiger partial charge < -0.3 is 0 Å². The van der Waals surface area contributed by atoms with Crippen molar-refractivity contribution < 1.29 is 4.79 Å². The number of aromatic nitrogens is 1. The lowest BCUT2D eigenvalue weighted by atomic mass is 9.81. The number of nitrogens with zero attached hydrogens (tertiary/aromatic N) is 2. The zero-order valence-corrected chi connectivity index (χ0v) is 10.5. The predicted molar refractivity (Wildman–Crippen MR) is 68.5 cm³/mol. The van der Waals surface area contributed by atoms with Crippen molar-refractivity contribution in [2.45, 2.75) is 25.3 Å². The third-order valence-corrected chi connectivity index (χ3v) is 3.91. The third kappa shape index (κ3) is 2.35. The van der Waals surface area contributed by atoms with Crippen LogP contribution in [0.1, 0.15) is 29.6 Å². The van der Waals surface area contributed by atoms with Crippen LogP contribution in [0.5, 0.6) is 0 Å². The minimum atomic E-state index is 0. The molecule has 0 radical (unpaired) electrons. The van der Waals surface area contributed by atoms with Crippen LogP contribution in [0.4, 0.5) is 0 Å². The molecule has 0 aromatic carbocycles. The summed E-state index contributed by atoms with van der Waals surface area (Å²) in [6.45, 7) is 2.21. The van der Waals surface area contributed by atoms with E-state index in [2.05, 4.69) is 9.88 Å². The smallest absolute Gasteiger partial charge is 0.180 e. The van der Waals surface area contributed by atoms with Crippen LogP contribution in [0, 0.1) is 5.92 Å². The molecule has 0 amide bonds. The van der Waals surface area contributed by atoms with Crippen molar-refractivity contribution in [1.29, 1.82) is 0 Å². The molecule has 0 aliphatic carbocycles. The molecular formula is C13H17ClN2O. The first-order valence-corrected chi connectivity index (χ1v) is 6.03. The summed E-state index contributed by atoms with van der Waals surface area (Å²) in [6.07, 6.45) is 7.01. The molecule has 1 aromatic heterocycles. The lowest BCUT2D eigenvalue weighted by Gasteiger charge is -2.44. The van der Waals surface area contributed by atoms with Crippen molar-refractivity contribution in [1.82, 2.24) is 9.88 Å². The highest BCUT2D eigenvalue weighted by Gasteiger charge is 2.37. The summed E-state index contributed by atoms with van der Waals surface area (Å²) >= 11 is 0. The standard InChI is InChI=1S/C13H16N2O.ClH/c16-13(11-1-5-14-6-2-11)12-9-10-3-7-15(12)8-4-10;/h1-2,5-6,10,12H,3-4,7-9H2;1H. The van der Waals surface area contributed by atoms with Gasteiger partial charge in [0.2, 0.25) is 0 Å². The maximum atomic E-state index is 12.3. The van der Waals surface area contributed by atoms with Crippen LogP contribution in [-0.4, -0.2) is 34.8 Å². The second-order valence-electron chi connectivity index (χ2n) is 4.83. The molecule has 4 heteroatoms. The summed E-state index contributed by atoms with van der Waals surface area (Å²) in [6, 6.07) is 3.78. The van der Waals surface area contributed by atoms with Gasteiger partial charge in [-0.05, 0) is 50.4 Å². The molecule has 4 heterocycles. The Labute approximate surface area is 108 Å². The van der Waals surface area contributed by atoms with E-state index in [0.717, 1.165) is 31.0 Å². The first kappa shape index (κ1) is 12.5. The average molecular weight is 253 g/mol. The Morgan fingerprint density at radius 2 is 1.88 bits per heavy atom. The predicted octanol–water partition coefficient (Wildman–Crippen LogP) is 2.17. The molecule has 92 valence electrons. The van der Waals surface area contributed by atoms with Gasteiger partial charge in [0.05, 0.1) is 6.04 Å². The molecule has 4 rings (SSSR count). The molecule has 0 saturated carbocycles. The molecule has 3 aliphatic heterocycles. The molecule has 3 fully saturated rings. The van der Waals surface area contributed by atoms with Crippen molar-refractivity contribution in [2.24, 2.45) is 5.92 Å². The molecule has 3 nitrogen and oxygen atoms in total. The highest BCUT2D eigenvalue weighted by molar-refractivity contribution is 6.00. The Kier molecular flexibility index (Phi) is 3.79. The molecule has 1 atom stereocenters. The van der Waals surface area contributed by atoms with E-state index in [0.29, 0.717) is 0 Å². The van der Waals surface area contributed by atoms with Crippen molar-refractivity contribution >= 4 is 18.2 Å². The van der Waals surface area contributed by atoms with Crippen LogP contribution in [-0.2, 0) is 0 Å². The van der Waals surface area contributed by atoms with E-state index in [4.69, 9.17) is 0 Å². The zero-order valence-electron chi connectivity index (χ0n) is 9.71. The number of hydrogen-bond acceptors (Lipinski definition) is 3. The summed E-state index contributed by atoms with van der Waals surface area (Å²) < 4.78 is 0. The number of piperidine rings is 3. The first-order chi connectivity index (χ1) is 7.84. The number of carbonyl (C=O) groups is 1. The number of hydrogen-bond donors (Lipinski definition) is 0. The third-order valence-electron chi connectivity index (χ3n) is 3.91. The van der Waals surface area contributed by atoms with Crippen LogP contribution in [0.15, 0.2) is 24.5 Å². The summed E-state index contributed by atoms with van der Waals surface area (Å²) in [4.78, 5) is 18.6. The Morgan fingerprint density at radius 1 is 1.24 bits per heavy atom. The van der Waals surface area contributed by atoms with Gasteiger partial charge >= 0.3 is 0 Å². The molecular weight excluding hydrogens is 236 g/mol. The second-order valence-corrected chi connectivity index (χ2v) is 4.83. The van der Waals surface area contributed by atoms with E-state index in [9.17, 15) is 4.79 Å². The van der Waals surface area contributed by atoms with E-state index in [1.165, 1.54) is 12.8 Å². The summed E-state index contributed by atoms with van der Waals surface area (Å²) in [5.41, 5.74) is 0.813. The van der Waals surface area contributed by atoms with Crippen molar-refractivity contribution in [2.75, 3.05) is 13.1 Å². The van der Waals surface area contributed by atoms with E-state index in [1.54, 1.807) is 12.4 Å². The highest BCUT2D eigenvalue weighted by Crippen LogP contribution is 2.33. The normalized spacial score (nSPS) is 30.7. The Morgan fingerprint density at radius 3 is 2.41 bits per heavy atom. The summed E-state index contributed by atoms with van der Waals surface area (Å²) in [7, 11) is 0. The van der Waals surface area contributed by atoms with Gasteiger partial charge in [0.25, 0.3) is 0 Å². The minimum Gasteiger partial charge on any atom is -0.293 e. The van der Waals surface area contributed by atoms with Gasteiger partial charge in [0, 0.05) is 18.0 Å². The number of rotatable bonds is 2. The molecule has 3 saturated heterocycles. The van der Waals surface area contributed by atoms with Gasteiger partial charge in [-0.15, -0.1) is 12.4 Å². The van der Waals surface area contributed by atoms with Gasteiger partial charge in [-0.3, -0.25) is 14.7 Å². The molecule has 2 bridgehead atoms. The average Bonchev–Trinajstić information content (AvgIpc) is 2.40. The quantitative estimate of drug-likeness (QED) is 0.757. The number of halogens is 1. The van der Waals surface area contributed by atoms with Crippen LogP contribution < -0.4 is 0 Å². The van der Waals surface area contributed by atoms with Gasteiger partial charge in [0.15, 0.2) is 5.78 Å². The van der Waals surface area contributed by atoms with E-state index >= 15 is 0 Å². The zero-order chi connectivity index (χ0) is 11.0.